The van der Waals surface area contributed by atoms with Gasteiger partial charge in [-0.15, -0.1) is 0 Å². The van der Waals surface area contributed by atoms with Gasteiger partial charge in [0.1, 0.15) is 12.4 Å². The Labute approximate surface area is 160 Å². The van der Waals surface area contributed by atoms with E-state index in [1.165, 1.54) is 6.92 Å². The van der Waals surface area contributed by atoms with Gasteiger partial charge in [-0.2, -0.15) is 0 Å². The molecule has 0 amide bonds. The molecule has 0 saturated heterocycles. The standard InChI is InChI=1S/C22H27NO4/c1-3-23(15-17-26-18(2)24)14-7-16-27-21-12-10-20(11-13-21)22(25)19-8-5-4-6-9-19/h4-6,8-13H,3,7,14-17H2,1-2H3. The number of benzene rings is 2. The zero-order valence-corrected chi connectivity index (χ0v) is 16.0. The Morgan fingerprint density at radius 3 is 2.19 bits per heavy atom. The van der Waals surface area contributed by atoms with E-state index in [4.69, 9.17) is 9.47 Å². The predicted octanol–water partition coefficient (Wildman–Crippen LogP) is 3.57. The summed E-state index contributed by atoms with van der Waals surface area (Å²) < 4.78 is 10.7. The normalized spacial score (nSPS) is 10.6. The first-order valence-corrected chi connectivity index (χ1v) is 9.28. The second-order valence-electron chi connectivity index (χ2n) is 6.20. The van der Waals surface area contributed by atoms with Crippen LogP contribution in [0.2, 0.25) is 0 Å². The summed E-state index contributed by atoms with van der Waals surface area (Å²) in [6, 6.07) is 16.5. The van der Waals surface area contributed by atoms with E-state index < -0.39 is 0 Å². The fourth-order valence-electron chi connectivity index (χ4n) is 2.68. The van der Waals surface area contributed by atoms with Crippen molar-refractivity contribution in [2.24, 2.45) is 0 Å². The summed E-state index contributed by atoms with van der Waals surface area (Å²) in [6.45, 7) is 7.02. The van der Waals surface area contributed by atoms with Gasteiger partial charge in [0.25, 0.3) is 0 Å². The largest absolute Gasteiger partial charge is 0.494 e. The molecular weight excluding hydrogens is 342 g/mol. The number of esters is 1. The summed E-state index contributed by atoms with van der Waals surface area (Å²) in [4.78, 5) is 25.4. The first kappa shape index (κ1) is 20.6. The van der Waals surface area contributed by atoms with Crippen LogP contribution in [0.25, 0.3) is 0 Å². The van der Waals surface area contributed by atoms with E-state index in [1.807, 2.05) is 42.5 Å². The molecule has 0 aliphatic heterocycles. The Balaban J connectivity index is 1.73. The first-order chi connectivity index (χ1) is 13.1. The maximum Gasteiger partial charge on any atom is 0.302 e. The number of hydrogen-bond donors (Lipinski definition) is 0. The number of nitrogens with zero attached hydrogens (tertiary/aromatic N) is 1. The van der Waals surface area contributed by atoms with Gasteiger partial charge in [-0.25, -0.2) is 0 Å². The van der Waals surface area contributed by atoms with Crippen LogP contribution in [0.1, 0.15) is 36.2 Å². The summed E-state index contributed by atoms with van der Waals surface area (Å²) in [6.07, 6.45) is 0.874. The smallest absolute Gasteiger partial charge is 0.302 e. The minimum Gasteiger partial charge on any atom is -0.494 e. The lowest BCUT2D eigenvalue weighted by molar-refractivity contribution is -0.141. The lowest BCUT2D eigenvalue weighted by atomic mass is 10.0. The summed E-state index contributed by atoms with van der Waals surface area (Å²) in [5, 5.41) is 0. The average molecular weight is 369 g/mol. The van der Waals surface area contributed by atoms with Gasteiger partial charge in [-0.1, -0.05) is 37.3 Å². The Morgan fingerprint density at radius 1 is 0.889 bits per heavy atom. The minimum absolute atomic E-state index is 0.00789. The average Bonchev–Trinajstić information content (AvgIpc) is 2.70. The molecule has 0 heterocycles. The number of ketones is 1. The summed E-state index contributed by atoms with van der Waals surface area (Å²) in [5.41, 5.74) is 1.33. The molecule has 2 aromatic carbocycles. The first-order valence-electron chi connectivity index (χ1n) is 9.28. The van der Waals surface area contributed by atoms with Crippen molar-refractivity contribution in [1.29, 1.82) is 0 Å². The lowest BCUT2D eigenvalue weighted by Crippen LogP contribution is -2.29. The second-order valence-corrected chi connectivity index (χ2v) is 6.20. The molecule has 5 heteroatoms. The molecule has 2 rings (SSSR count). The van der Waals surface area contributed by atoms with Gasteiger partial charge in [0, 0.05) is 31.1 Å². The van der Waals surface area contributed by atoms with Crippen LogP contribution < -0.4 is 4.74 Å². The molecule has 27 heavy (non-hydrogen) atoms. The van der Waals surface area contributed by atoms with Crippen LogP contribution >= 0.6 is 0 Å². The monoisotopic (exact) mass is 369 g/mol. The van der Waals surface area contributed by atoms with Crippen molar-refractivity contribution in [3.05, 3.63) is 65.7 Å². The van der Waals surface area contributed by atoms with Gasteiger partial charge in [0.05, 0.1) is 6.61 Å². The molecule has 0 bridgehead atoms. The van der Waals surface area contributed by atoms with E-state index in [-0.39, 0.29) is 11.8 Å². The highest BCUT2D eigenvalue weighted by atomic mass is 16.5. The highest BCUT2D eigenvalue weighted by Gasteiger charge is 2.08. The molecule has 0 unspecified atom stereocenters. The number of carbonyl (C=O) groups is 2. The topological polar surface area (TPSA) is 55.8 Å². The van der Waals surface area contributed by atoms with E-state index in [2.05, 4.69) is 11.8 Å². The van der Waals surface area contributed by atoms with Crippen molar-refractivity contribution in [3.63, 3.8) is 0 Å². The van der Waals surface area contributed by atoms with Crippen molar-refractivity contribution in [2.45, 2.75) is 20.3 Å². The van der Waals surface area contributed by atoms with Crippen molar-refractivity contribution >= 4 is 11.8 Å². The van der Waals surface area contributed by atoms with Crippen LogP contribution in [-0.4, -0.2) is 49.5 Å². The molecule has 0 radical (unpaired) electrons. The van der Waals surface area contributed by atoms with E-state index in [0.29, 0.717) is 24.3 Å². The number of carbonyl (C=O) groups excluding carboxylic acids is 2. The van der Waals surface area contributed by atoms with Crippen molar-refractivity contribution in [1.82, 2.24) is 4.90 Å². The molecule has 0 spiro atoms. The van der Waals surface area contributed by atoms with Crippen LogP contribution in [0.5, 0.6) is 5.75 Å². The predicted molar refractivity (Wildman–Crippen MR) is 105 cm³/mol. The van der Waals surface area contributed by atoms with Crippen LogP contribution in [0, 0.1) is 0 Å². The molecule has 0 saturated carbocycles. The molecule has 0 aliphatic rings. The maximum atomic E-state index is 12.4. The van der Waals surface area contributed by atoms with Gasteiger partial charge in [0.2, 0.25) is 0 Å². The zero-order chi connectivity index (χ0) is 19.5. The quantitative estimate of drug-likeness (QED) is 0.344. The second kappa shape index (κ2) is 11.1. The number of ether oxygens (including phenoxy) is 2. The fraction of sp³-hybridized carbons (Fsp3) is 0.364. The Morgan fingerprint density at radius 2 is 1.56 bits per heavy atom. The molecule has 2 aromatic rings. The fourth-order valence-corrected chi connectivity index (χ4v) is 2.68. The molecule has 0 aliphatic carbocycles. The Kier molecular flexibility index (Phi) is 8.52. The summed E-state index contributed by atoms with van der Waals surface area (Å²) in [5.74, 6) is 0.514. The van der Waals surface area contributed by atoms with Crippen molar-refractivity contribution in [3.8, 4) is 5.75 Å². The molecule has 144 valence electrons. The van der Waals surface area contributed by atoms with Crippen LogP contribution in [-0.2, 0) is 9.53 Å². The third-order valence-electron chi connectivity index (χ3n) is 4.20. The third kappa shape index (κ3) is 7.23. The minimum atomic E-state index is -0.247. The zero-order valence-electron chi connectivity index (χ0n) is 16.0. The molecule has 0 aromatic heterocycles. The van der Waals surface area contributed by atoms with Gasteiger partial charge >= 0.3 is 5.97 Å². The molecule has 0 atom stereocenters. The van der Waals surface area contributed by atoms with E-state index in [0.717, 1.165) is 31.8 Å². The Hall–Kier alpha value is -2.66. The molecule has 5 nitrogen and oxygen atoms in total. The third-order valence-corrected chi connectivity index (χ3v) is 4.20. The lowest BCUT2D eigenvalue weighted by Gasteiger charge is -2.20. The van der Waals surface area contributed by atoms with E-state index in [9.17, 15) is 9.59 Å². The highest BCUT2D eigenvalue weighted by molar-refractivity contribution is 6.08. The van der Waals surface area contributed by atoms with Crippen LogP contribution in [0.4, 0.5) is 0 Å². The van der Waals surface area contributed by atoms with Gasteiger partial charge in [0.15, 0.2) is 5.78 Å². The van der Waals surface area contributed by atoms with E-state index >= 15 is 0 Å². The van der Waals surface area contributed by atoms with Gasteiger partial charge in [-0.3, -0.25) is 9.59 Å². The number of likely N-dealkylation sites (N-methyl/N-ethyl adjacent to an activating group) is 1. The summed E-state index contributed by atoms with van der Waals surface area (Å²) in [7, 11) is 0. The number of hydrogen-bond acceptors (Lipinski definition) is 5. The van der Waals surface area contributed by atoms with Gasteiger partial charge < -0.3 is 14.4 Å². The van der Waals surface area contributed by atoms with Crippen LogP contribution in [0.15, 0.2) is 54.6 Å². The molecular formula is C22H27NO4. The van der Waals surface area contributed by atoms with Crippen LogP contribution in [0.3, 0.4) is 0 Å². The van der Waals surface area contributed by atoms with E-state index in [1.54, 1.807) is 12.1 Å². The highest BCUT2D eigenvalue weighted by Crippen LogP contribution is 2.15. The van der Waals surface area contributed by atoms with Crippen molar-refractivity contribution < 1.29 is 19.1 Å². The number of rotatable bonds is 11. The molecule has 0 fully saturated rings. The maximum absolute atomic E-state index is 12.4. The Bertz CT molecular complexity index is 713. The van der Waals surface area contributed by atoms with Crippen molar-refractivity contribution in [2.75, 3.05) is 32.8 Å². The SMILES string of the molecule is CCN(CCCOc1ccc(C(=O)c2ccccc2)cc1)CCOC(C)=O. The van der Waals surface area contributed by atoms with Gasteiger partial charge in [-0.05, 0) is 37.2 Å². The summed E-state index contributed by atoms with van der Waals surface area (Å²) >= 11 is 0. The molecule has 0 N–H and O–H groups in total.